The van der Waals surface area contributed by atoms with E-state index in [-0.39, 0.29) is 10.6 Å². The topological polar surface area (TPSA) is 95.7 Å². The number of hydrogen-bond acceptors (Lipinski definition) is 5. The van der Waals surface area contributed by atoms with Gasteiger partial charge in [-0.1, -0.05) is 0 Å². The molecule has 4 N–H and O–H groups in total. The van der Waals surface area contributed by atoms with Gasteiger partial charge in [-0.3, -0.25) is 0 Å². The Morgan fingerprint density at radius 3 is 2.42 bits per heavy atom. The second kappa shape index (κ2) is 5.36. The van der Waals surface area contributed by atoms with Gasteiger partial charge in [0.25, 0.3) is 0 Å². The number of nitrogen functional groups attached to an aromatic ring is 1. The maximum absolute atomic E-state index is 11.7. The van der Waals surface area contributed by atoms with E-state index in [4.69, 9.17) is 5.73 Å². The summed E-state index contributed by atoms with van der Waals surface area (Å²) in [5, 5.41) is 9.76. The molecule has 1 aromatic carbocycles. The molecular weight excluding hydrogens is 266 g/mol. The maximum atomic E-state index is 11.7. The predicted octanol–water partition coefficient (Wildman–Crippen LogP) is 0.384. The molecule has 0 atom stereocenters. The van der Waals surface area contributed by atoms with Crippen LogP contribution in [0.5, 0.6) is 0 Å². The van der Waals surface area contributed by atoms with E-state index < -0.39 is 15.6 Å². The molecule has 0 aromatic heterocycles. The third kappa shape index (κ3) is 4.09. The van der Waals surface area contributed by atoms with Gasteiger partial charge in [0, 0.05) is 19.3 Å². The van der Waals surface area contributed by atoms with Crippen LogP contribution >= 0.6 is 0 Å². The van der Waals surface area contributed by atoms with Gasteiger partial charge >= 0.3 is 0 Å². The van der Waals surface area contributed by atoms with Crippen molar-refractivity contribution >= 4 is 21.4 Å². The fourth-order valence-corrected chi connectivity index (χ4v) is 2.64. The Bertz CT molecular complexity index is 550. The van der Waals surface area contributed by atoms with Crippen molar-refractivity contribution in [1.29, 1.82) is 0 Å². The van der Waals surface area contributed by atoms with Gasteiger partial charge in [0.2, 0.25) is 10.0 Å². The average molecular weight is 287 g/mol. The van der Waals surface area contributed by atoms with Crippen molar-refractivity contribution in [2.45, 2.75) is 24.3 Å². The predicted molar refractivity (Wildman–Crippen MR) is 76.7 cm³/mol. The number of rotatable bonds is 5. The zero-order valence-electron chi connectivity index (χ0n) is 11.6. The number of aliphatic hydroxyl groups is 1. The molecule has 0 saturated heterocycles. The van der Waals surface area contributed by atoms with Gasteiger partial charge in [0.15, 0.2) is 0 Å². The highest BCUT2D eigenvalue weighted by atomic mass is 32.2. The first-order chi connectivity index (χ1) is 8.57. The maximum Gasteiger partial charge on any atom is 0.242 e. The summed E-state index contributed by atoms with van der Waals surface area (Å²) in [6.45, 7) is 3.81. The fraction of sp³-hybridized carbons (Fsp3) is 0.500. The van der Waals surface area contributed by atoms with Crippen LogP contribution in [-0.4, -0.2) is 39.8 Å². The Kier molecular flexibility index (Phi) is 4.44. The molecule has 0 aliphatic carbocycles. The summed E-state index contributed by atoms with van der Waals surface area (Å²) in [5.74, 6) is 0. The molecule has 0 aliphatic rings. The summed E-state index contributed by atoms with van der Waals surface area (Å²) in [5.41, 5.74) is 5.85. The van der Waals surface area contributed by atoms with E-state index in [1.54, 1.807) is 33.0 Å². The number of likely N-dealkylation sites (N-methyl/N-ethyl adjacent to an activating group) is 1. The zero-order chi connectivity index (χ0) is 14.8. The van der Waals surface area contributed by atoms with Gasteiger partial charge in [-0.15, -0.1) is 0 Å². The smallest absolute Gasteiger partial charge is 0.242 e. The van der Waals surface area contributed by atoms with Gasteiger partial charge in [-0.2, -0.15) is 0 Å². The number of sulfonamides is 1. The van der Waals surface area contributed by atoms with Crippen molar-refractivity contribution in [3.05, 3.63) is 18.2 Å². The highest BCUT2D eigenvalue weighted by molar-refractivity contribution is 7.89. The Hall–Kier alpha value is -1.31. The molecule has 6 nitrogen and oxygen atoms in total. The van der Waals surface area contributed by atoms with E-state index in [9.17, 15) is 13.5 Å². The van der Waals surface area contributed by atoms with E-state index in [0.717, 1.165) is 5.69 Å². The molecule has 19 heavy (non-hydrogen) atoms. The van der Waals surface area contributed by atoms with E-state index >= 15 is 0 Å². The van der Waals surface area contributed by atoms with E-state index in [2.05, 4.69) is 4.72 Å². The molecule has 0 aliphatic heterocycles. The van der Waals surface area contributed by atoms with E-state index in [1.807, 2.05) is 4.90 Å². The number of nitrogens with two attached hydrogens (primary N) is 1. The summed E-state index contributed by atoms with van der Waals surface area (Å²) < 4.78 is 25.6. The van der Waals surface area contributed by atoms with Crippen LogP contribution in [0.15, 0.2) is 23.1 Å². The molecular formula is C12H21N3O3S. The van der Waals surface area contributed by atoms with Crippen molar-refractivity contribution in [1.82, 2.24) is 4.72 Å². The van der Waals surface area contributed by atoms with Crippen LogP contribution in [0.2, 0.25) is 0 Å². The minimum absolute atomic E-state index is 0.0513. The first-order valence-corrected chi connectivity index (χ1v) is 7.32. The lowest BCUT2D eigenvalue weighted by Crippen LogP contribution is -2.36. The summed E-state index contributed by atoms with van der Waals surface area (Å²) >= 11 is 0. The van der Waals surface area contributed by atoms with Crippen LogP contribution in [0.25, 0.3) is 0 Å². The van der Waals surface area contributed by atoms with E-state index in [1.165, 1.54) is 13.1 Å². The molecule has 0 bridgehead atoms. The lowest BCUT2D eigenvalue weighted by molar-refractivity contribution is 0.0886. The van der Waals surface area contributed by atoms with Gasteiger partial charge in [-0.05, 0) is 39.1 Å². The highest BCUT2D eigenvalue weighted by Crippen LogP contribution is 2.24. The zero-order valence-corrected chi connectivity index (χ0v) is 12.5. The molecule has 7 heteroatoms. The Balaban J connectivity index is 3.07. The molecule has 1 rings (SSSR count). The van der Waals surface area contributed by atoms with Crippen LogP contribution < -0.4 is 15.4 Å². The largest absolute Gasteiger partial charge is 0.398 e. The molecule has 0 fully saturated rings. The minimum atomic E-state index is -3.55. The normalized spacial score (nSPS) is 12.5. The second-order valence-electron chi connectivity index (χ2n) is 5.10. The van der Waals surface area contributed by atoms with Gasteiger partial charge in [0.05, 0.1) is 11.3 Å². The summed E-state index contributed by atoms with van der Waals surface area (Å²) in [7, 11) is -0.408. The molecule has 1 aromatic rings. The standard InChI is InChI=1S/C12H21N3O3S/c1-12(2,16)8-15(4)9-5-6-11(10(13)7-9)19(17,18)14-3/h5-7,14,16H,8,13H2,1-4H3. The lowest BCUT2D eigenvalue weighted by atomic mass is 10.1. The average Bonchev–Trinajstić information content (AvgIpc) is 2.26. The number of nitrogens with one attached hydrogen (secondary N) is 1. The summed E-state index contributed by atoms with van der Waals surface area (Å²) in [6, 6.07) is 4.69. The van der Waals surface area contributed by atoms with Crippen LogP contribution in [-0.2, 0) is 10.0 Å². The number of benzene rings is 1. The first kappa shape index (κ1) is 15.7. The van der Waals surface area contributed by atoms with Gasteiger partial charge in [0.1, 0.15) is 4.90 Å². The molecule has 0 unspecified atom stereocenters. The summed E-state index contributed by atoms with van der Waals surface area (Å²) in [4.78, 5) is 1.86. The quantitative estimate of drug-likeness (QED) is 0.681. The molecule has 0 amide bonds. The SMILES string of the molecule is CNS(=O)(=O)c1ccc(N(C)CC(C)(C)O)cc1N. The van der Waals surface area contributed by atoms with Crippen molar-refractivity contribution in [3.63, 3.8) is 0 Å². The third-order valence-electron chi connectivity index (χ3n) is 2.62. The number of hydrogen-bond donors (Lipinski definition) is 3. The molecule has 108 valence electrons. The number of anilines is 2. The van der Waals surface area contributed by atoms with Gasteiger partial charge < -0.3 is 15.7 Å². The molecule has 0 radical (unpaired) electrons. The second-order valence-corrected chi connectivity index (χ2v) is 6.95. The molecule has 0 saturated carbocycles. The van der Waals surface area contributed by atoms with Crippen molar-refractivity contribution in [2.24, 2.45) is 0 Å². The first-order valence-electron chi connectivity index (χ1n) is 5.83. The van der Waals surface area contributed by atoms with Crippen LogP contribution in [0.1, 0.15) is 13.8 Å². The van der Waals surface area contributed by atoms with Crippen LogP contribution in [0.4, 0.5) is 11.4 Å². The number of nitrogens with zero attached hydrogens (tertiary/aromatic N) is 1. The summed E-state index contributed by atoms with van der Waals surface area (Å²) in [6.07, 6.45) is 0. The Morgan fingerprint density at radius 1 is 1.42 bits per heavy atom. The Morgan fingerprint density at radius 2 is 2.00 bits per heavy atom. The minimum Gasteiger partial charge on any atom is -0.398 e. The lowest BCUT2D eigenvalue weighted by Gasteiger charge is -2.27. The van der Waals surface area contributed by atoms with Crippen molar-refractivity contribution in [2.75, 3.05) is 31.3 Å². The van der Waals surface area contributed by atoms with Crippen LogP contribution in [0.3, 0.4) is 0 Å². The monoisotopic (exact) mass is 287 g/mol. The van der Waals surface area contributed by atoms with Crippen molar-refractivity contribution in [3.8, 4) is 0 Å². The third-order valence-corrected chi connectivity index (χ3v) is 4.10. The van der Waals surface area contributed by atoms with Crippen LogP contribution in [0, 0.1) is 0 Å². The van der Waals surface area contributed by atoms with Gasteiger partial charge in [-0.25, -0.2) is 13.1 Å². The highest BCUT2D eigenvalue weighted by Gasteiger charge is 2.19. The van der Waals surface area contributed by atoms with Crippen molar-refractivity contribution < 1.29 is 13.5 Å². The fourth-order valence-electron chi connectivity index (χ4n) is 1.80. The molecule has 0 heterocycles. The Labute approximate surface area is 114 Å². The molecule has 0 spiro atoms. The van der Waals surface area contributed by atoms with E-state index in [0.29, 0.717) is 6.54 Å².